The molecule has 0 aliphatic carbocycles. The second-order valence-corrected chi connectivity index (χ2v) is 5.07. The zero-order chi connectivity index (χ0) is 13.9. The van der Waals surface area contributed by atoms with E-state index in [1.165, 1.54) is 22.5 Å². The Morgan fingerprint density at radius 1 is 0.950 bits per heavy atom. The number of hydrogen-bond acceptors (Lipinski definition) is 1. The summed E-state index contributed by atoms with van der Waals surface area (Å²) in [6, 6.07) is 18.8. The fraction of sp³-hybridized carbons (Fsp3) is 0.167. The van der Waals surface area contributed by atoms with Crippen LogP contribution in [0.3, 0.4) is 0 Å². The van der Waals surface area contributed by atoms with E-state index in [0.29, 0.717) is 0 Å². The van der Waals surface area contributed by atoms with Gasteiger partial charge in [-0.15, -0.1) is 0 Å². The van der Waals surface area contributed by atoms with Crippen molar-refractivity contribution in [3.05, 3.63) is 77.7 Å². The standard InChI is InChI=1S/C18H18N2/c1-14-12-17(18-10-6-7-11-19-18)15(2)20(14)13-16-8-4-3-5-9-16/h3-12H,13H2,1-2H3. The lowest BCUT2D eigenvalue weighted by molar-refractivity contribution is 0.750. The minimum atomic E-state index is 0.908. The van der Waals surface area contributed by atoms with E-state index in [-0.39, 0.29) is 0 Å². The van der Waals surface area contributed by atoms with Gasteiger partial charge < -0.3 is 4.57 Å². The van der Waals surface area contributed by atoms with Gasteiger partial charge in [-0.2, -0.15) is 0 Å². The molecule has 0 N–H and O–H groups in total. The van der Waals surface area contributed by atoms with Crippen molar-refractivity contribution < 1.29 is 0 Å². The van der Waals surface area contributed by atoms with Crippen molar-refractivity contribution >= 4 is 0 Å². The summed E-state index contributed by atoms with van der Waals surface area (Å²) in [4.78, 5) is 4.46. The summed E-state index contributed by atoms with van der Waals surface area (Å²) in [5, 5.41) is 0. The third kappa shape index (κ3) is 2.37. The molecule has 0 radical (unpaired) electrons. The molecule has 20 heavy (non-hydrogen) atoms. The van der Waals surface area contributed by atoms with Crippen LogP contribution in [0.25, 0.3) is 11.3 Å². The molecule has 2 heterocycles. The zero-order valence-corrected chi connectivity index (χ0v) is 11.9. The molecule has 0 fully saturated rings. The van der Waals surface area contributed by atoms with Crippen molar-refractivity contribution in [2.24, 2.45) is 0 Å². The monoisotopic (exact) mass is 262 g/mol. The van der Waals surface area contributed by atoms with Crippen LogP contribution in [-0.2, 0) is 6.54 Å². The van der Waals surface area contributed by atoms with Crippen LogP contribution in [0.5, 0.6) is 0 Å². The van der Waals surface area contributed by atoms with Crippen molar-refractivity contribution in [1.29, 1.82) is 0 Å². The molecule has 2 aromatic heterocycles. The van der Waals surface area contributed by atoms with E-state index < -0.39 is 0 Å². The second kappa shape index (κ2) is 5.33. The van der Waals surface area contributed by atoms with E-state index in [9.17, 15) is 0 Å². The molecule has 0 amide bonds. The van der Waals surface area contributed by atoms with E-state index in [1.54, 1.807) is 0 Å². The average Bonchev–Trinajstić information content (AvgIpc) is 2.77. The number of pyridine rings is 1. The molecule has 0 unspecified atom stereocenters. The fourth-order valence-corrected chi connectivity index (χ4v) is 2.59. The number of aromatic nitrogens is 2. The van der Waals surface area contributed by atoms with Gasteiger partial charge in [-0.1, -0.05) is 36.4 Å². The molecule has 0 saturated heterocycles. The molecule has 3 aromatic rings. The lowest BCUT2D eigenvalue weighted by Crippen LogP contribution is -2.03. The van der Waals surface area contributed by atoms with Crippen LogP contribution < -0.4 is 0 Å². The number of hydrogen-bond donors (Lipinski definition) is 0. The first-order valence-electron chi connectivity index (χ1n) is 6.88. The highest BCUT2D eigenvalue weighted by atomic mass is 15.0. The predicted octanol–water partition coefficient (Wildman–Crippen LogP) is 4.22. The lowest BCUT2D eigenvalue weighted by Gasteiger charge is -2.10. The van der Waals surface area contributed by atoms with Gasteiger partial charge in [0.15, 0.2) is 0 Å². The molecule has 1 aromatic carbocycles. The SMILES string of the molecule is Cc1cc(-c2ccccn2)c(C)n1Cc1ccccc1. The molecule has 0 aliphatic heterocycles. The zero-order valence-electron chi connectivity index (χ0n) is 11.9. The van der Waals surface area contributed by atoms with Crippen LogP contribution in [-0.4, -0.2) is 9.55 Å². The maximum absolute atomic E-state index is 4.46. The Labute approximate surface area is 119 Å². The van der Waals surface area contributed by atoms with E-state index in [2.05, 4.69) is 65.9 Å². The summed E-state index contributed by atoms with van der Waals surface area (Å²) in [6.45, 7) is 5.23. The van der Waals surface area contributed by atoms with Crippen molar-refractivity contribution in [2.45, 2.75) is 20.4 Å². The molecule has 2 heteroatoms. The third-order valence-electron chi connectivity index (χ3n) is 3.70. The Bertz CT molecular complexity index is 697. The first-order valence-corrected chi connectivity index (χ1v) is 6.88. The lowest BCUT2D eigenvalue weighted by atomic mass is 10.1. The first kappa shape index (κ1) is 12.7. The normalized spacial score (nSPS) is 10.7. The second-order valence-electron chi connectivity index (χ2n) is 5.07. The molecule has 3 rings (SSSR count). The molecular formula is C18H18N2. The average molecular weight is 262 g/mol. The summed E-state index contributed by atoms with van der Waals surface area (Å²) in [6.07, 6.45) is 1.85. The topological polar surface area (TPSA) is 17.8 Å². The van der Waals surface area contributed by atoms with Crippen LogP contribution in [0.1, 0.15) is 17.0 Å². The number of benzene rings is 1. The smallest absolute Gasteiger partial charge is 0.0720 e. The van der Waals surface area contributed by atoms with Gasteiger partial charge in [0, 0.05) is 29.7 Å². The molecule has 0 spiro atoms. The van der Waals surface area contributed by atoms with E-state index in [4.69, 9.17) is 0 Å². The maximum Gasteiger partial charge on any atom is 0.0720 e. The molecular weight excluding hydrogens is 244 g/mol. The predicted molar refractivity (Wildman–Crippen MR) is 82.7 cm³/mol. The molecule has 0 atom stereocenters. The van der Waals surface area contributed by atoms with Crippen LogP contribution in [0.2, 0.25) is 0 Å². The van der Waals surface area contributed by atoms with Gasteiger partial charge in [0.05, 0.1) is 5.69 Å². The number of aryl methyl sites for hydroxylation is 1. The van der Waals surface area contributed by atoms with Crippen molar-refractivity contribution in [1.82, 2.24) is 9.55 Å². The molecule has 100 valence electrons. The molecule has 0 aliphatic rings. The highest BCUT2D eigenvalue weighted by Gasteiger charge is 2.11. The largest absolute Gasteiger partial charge is 0.344 e. The summed E-state index contributed by atoms with van der Waals surface area (Å²) >= 11 is 0. The van der Waals surface area contributed by atoms with Gasteiger partial charge in [-0.25, -0.2) is 0 Å². The third-order valence-corrected chi connectivity index (χ3v) is 3.70. The van der Waals surface area contributed by atoms with Crippen molar-refractivity contribution in [3.8, 4) is 11.3 Å². The van der Waals surface area contributed by atoms with E-state index >= 15 is 0 Å². The van der Waals surface area contributed by atoms with Crippen LogP contribution in [0.4, 0.5) is 0 Å². The number of rotatable bonds is 3. The minimum Gasteiger partial charge on any atom is -0.344 e. The summed E-state index contributed by atoms with van der Waals surface area (Å²) in [5.74, 6) is 0. The summed E-state index contributed by atoms with van der Waals surface area (Å²) in [7, 11) is 0. The Morgan fingerprint density at radius 3 is 2.40 bits per heavy atom. The summed E-state index contributed by atoms with van der Waals surface area (Å²) < 4.78 is 2.35. The van der Waals surface area contributed by atoms with E-state index in [0.717, 1.165) is 12.2 Å². The van der Waals surface area contributed by atoms with Gasteiger partial charge in [-0.3, -0.25) is 4.98 Å². The minimum absolute atomic E-state index is 0.908. The van der Waals surface area contributed by atoms with Crippen molar-refractivity contribution in [2.75, 3.05) is 0 Å². The Balaban J connectivity index is 1.99. The van der Waals surface area contributed by atoms with Crippen molar-refractivity contribution in [3.63, 3.8) is 0 Å². The molecule has 0 bridgehead atoms. The van der Waals surface area contributed by atoms with Gasteiger partial charge >= 0.3 is 0 Å². The quantitative estimate of drug-likeness (QED) is 0.691. The molecule has 2 nitrogen and oxygen atoms in total. The highest BCUT2D eigenvalue weighted by Crippen LogP contribution is 2.25. The Kier molecular flexibility index (Phi) is 3.38. The number of nitrogens with zero attached hydrogens (tertiary/aromatic N) is 2. The van der Waals surface area contributed by atoms with Gasteiger partial charge in [0.25, 0.3) is 0 Å². The van der Waals surface area contributed by atoms with Gasteiger partial charge in [0.2, 0.25) is 0 Å². The van der Waals surface area contributed by atoms with Crippen LogP contribution >= 0.6 is 0 Å². The first-order chi connectivity index (χ1) is 9.75. The fourth-order valence-electron chi connectivity index (χ4n) is 2.59. The Morgan fingerprint density at radius 2 is 1.70 bits per heavy atom. The van der Waals surface area contributed by atoms with Crippen LogP contribution in [0, 0.1) is 13.8 Å². The Hall–Kier alpha value is -2.35. The molecule has 0 saturated carbocycles. The van der Waals surface area contributed by atoms with Gasteiger partial charge in [-0.05, 0) is 37.6 Å². The van der Waals surface area contributed by atoms with E-state index in [1.807, 2.05) is 18.3 Å². The van der Waals surface area contributed by atoms with Crippen LogP contribution in [0.15, 0.2) is 60.8 Å². The highest BCUT2D eigenvalue weighted by molar-refractivity contribution is 5.63. The maximum atomic E-state index is 4.46. The van der Waals surface area contributed by atoms with Gasteiger partial charge in [0.1, 0.15) is 0 Å². The summed E-state index contributed by atoms with van der Waals surface area (Å²) in [5.41, 5.74) is 6.12.